The molecule has 0 saturated heterocycles. The summed E-state index contributed by atoms with van der Waals surface area (Å²) < 4.78 is 1.41. The quantitative estimate of drug-likeness (QED) is 0.636. The van der Waals surface area contributed by atoms with E-state index in [0.717, 1.165) is 16.3 Å². The summed E-state index contributed by atoms with van der Waals surface area (Å²) in [5, 5.41) is 6.16. The second-order valence-electron chi connectivity index (χ2n) is 7.19. The molecule has 1 aliphatic rings. The largest absolute Gasteiger partial charge is 0.305 e. The Morgan fingerprint density at radius 3 is 2.71 bits per heavy atom. The van der Waals surface area contributed by atoms with Crippen molar-refractivity contribution in [1.29, 1.82) is 0 Å². The van der Waals surface area contributed by atoms with Crippen LogP contribution < -0.4 is 10.5 Å². The topological polar surface area (TPSA) is 55.2 Å². The first-order chi connectivity index (χ1) is 13.5. The molecule has 0 spiro atoms. The van der Waals surface area contributed by atoms with Crippen LogP contribution in [0.25, 0.3) is 10.8 Å². The number of hydrogen-bond acceptors (Lipinski definition) is 4. The third-order valence-corrected chi connectivity index (χ3v) is 5.92. The van der Waals surface area contributed by atoms with Gasteiger partial charge in [-0.05, 0) is 30.2 Å². The number of benzene rings is 2. The molecule has 0 fully saturated rings. The molecule has 7 heteroatoms. The Hall–Kier alpha value is -2.31. The highest BCUT2D eigenvalue weighted by molar-refractivity contribution is 7.99. The van der Waals surface area contributed by atoms with Gasteiger partial charge in [0.1, 0.15) is 0 Å². The number of nitrogens with zero attached hydrogens (tertiary/aromatic N) is 3. The molecule has 0 aliphatic carbocycles. The lowest BCUT2D eigenvalue weighted by atomic mass is 10.1. The van der Waals surface area contributed by atoms with Gasteiger partial charge in [-0.25, -0.2) is 4.68 Å². The predicted octanol–water partition coefficient (Wildman–Crippen LogP) is 4.46. The van der Waals surface area contributed by atoms with Crippen molar-refractivity contribution in [3.8, 4) is 0 Å². The van der Waals surface area contributed by atoms with Crippen LogP contribution in [0.3, 0.4) is 0 Å². The van der Waals surface area contributed by atoms with Gasteiger partial charge in [0.15, 0.2) is 5.69 Å². The molecule has 1 aliphatic heterocycles. The molecule has 4 rings (SSSR count). The number of anilines is 1. The van der Waals surface area contributed by atoms with Crippen LogP contribution in [0.15, 0.2) is 52.2 Å². The number of amides is 1. The minimum Gasteiger partial charge on any atom is -0.305 e. The number of carbonyl (C=O) groups is 1. The summed E-state index contributed by atoms with van der Waals surface area (Å²) in [5.74, 6) is 0.821. The molecular formula is C21H20ClN3O2S. The standard InChI is InChI=1S/C21H20ClN3O2S/c1-13(2)12-25-20(26)16-6-4-3-5-15(16)19(23-25)21(27)24-9-10-28-18-8-7-14(22)11-17(18)24/h3-8,11,13H,9-10,12H2,1-2H3. The molecule has 0 N–H and O–H groups in total. The van der Waals surface area contributed by atoms with Gasteiger partial charge < -0.3 is 4.90 Å². The van der Waals surface area contributed by atoms with Crippen molar-refractivity contribution in [3.63, 3.8) is 0 Å². The van der Waals surface area contributed by atoms with E-state index in [9.17, 15) is 9.59 Å². The van der Waals surface area contributed by atoms with Gasteiger partial charge in [-0.2, -0.15) is 5.10 Å². The summed E-state index contributed by atoms with van der Waals surface area (Å²) in [4.78, 5) is 29.1. The highest BCUT2D eigenvalue weighted by Gasteiger charge is 2.27. The third-order valence-electron chi connectivity index (χ3n) is 4.64. The smallest absolute Gasteiger partial charge is 0.279 e. The molecule has 1 aromatic heterocycles. The highest BCUT2D eigenvalue weighted by atomic mass is 35.5. The fourth-order valence-electron chi connectivity index (χ4n) is 3.39. The molecule has 0 bridgehead atoms. The number of hydrogen-bond donors (Lipinski definition) is 0. The summed E-state index contributed by atoms with van der Waals surface area (Å²) in [6.45, 7) is 5.06. The average Bonchev–Trinajstić information content (AvgIpc) is 2.69. The van der Waals surface area contributed by atoms with Crippen LogP contribution >= 0.6 is 23.4 Å². The lowest BCUT2D eigenvalue weighted by molar-refractivity contribution is 0.0982. The zero-order valence-corrected chi connectivity index (χ0v) is 17.3. The molecule has 0 unspecified atom stereocenters. The van der Waals surface area contributed by atoms with Gasteiger partial charge in [0.05, 0.1) is 11.1 Å². The highest BCUT2D eigenvalue weighted by Crippen LogP contribution is 2.37. The van der Waals surface area contributed by atoms with E-state index in [1.54, 1.807) is 28.8 Å². The van der Waals surface area contributed by atoms with Gasteiger partial charge in [-0.3, -0.25) is 9.59 Å². The number of thioether (sulfide) groups is 1. The number of fused-ring (bicyclic) bond motifs is 2. The van der Waals surface area contributed by atoms with Gasteiger partial charge in [0, 0.05) is 34.1 Å². The molecule has 0 saturated carbocycles. The normalized spacial score (nSPS) is 13.8. The lowest BCUT2D eigenvalue weighted by Gasteiger charge is -2.29. The Morgan fingerprint density at radius 1 is 1.21 bits per heavy atom. The molecule has 0 atom stereocenters. The molecule has 1 amide bonds. The van der Waals surface area contributed by atoms with E-state index in [4.69, 9.17) is 11.6 Å². The second-order valence-corrected chi connectivity index (χ2v) is 8.77. The van der Waals surface area contributed by atoms with Gasteiger partial charge in [0.2, 0.25) is 0 Å². The third kappa shape index (κ3) is 3.42. The Bertz CT molecular complexity index is 1130. The van der Waals surface area contributed by atoms with E-state index in [2.05, 4.69) is 5.10 Å². The van der Waals surface area contributed by atoms with Crippen molar-refractivity contribution in [2.75, 3.05) is 17.2 Å². The summed E-state index contributed by atoms with van der Waals surface area (Å²) in [5.41, 5.74) is 0.924. The zero-order valence-electron chi connectivity index (χ0n) is 15.7. The summed E-state index contributed by atoms with van der Waals surface area (Å²) in [7, 11) is 0. The summed E-state index contributed by atoms with van der Waals surface area (Å²) in [6.07, 6.45) is 0. The van der Waals surface area contributed by atoms with E-state index in [1.165, 1.54) is 4.68 Å². The fraction of sp³-hybridized carbons (Fsp3) is 0.286. The first-order valence-corrected chi connectivity index (χ1v) is 10.6. The molecular weight excluding hydrogens is 394 g/mol. The first kappa shape index (κ1) is 19.0. The molecule has 144 valence electrons. The van der Waals surface area contributed by atoms with E-state index < -0.39 is 0 Å². The predicted molar refractivity (Wildman–Crippen MR) is 115 cm³/mol. The summed E-state index contributed by atoms with van der Waals surface area (Å²) in [6, 6.07) is 12.8. The van der Waals surface area contributed by atoms with Crippen molar-refractivity contribution in [2.24, 2.45) is 5.92 Å². The van der Waals surface area contributed by atoms with Crippen molar-refractivity contribution in [2.45, 2.75) is 25.3 Å². The van der Waals surface area contributed by atoms with Crippen LogP contribution in [0.4, 0.5) is 5.69 Å². The maximum absolute atomic E-state index is 13.5. The minimum atomic E-state index is -0.211. The number of aromatic nitrogens is 2. The molecule has 2 heterocycles. The average molecular weight is 414 g/mol. The molecule has 5 nitrogen and oxygen atoms in total. The van der Waals surface area contributed by atoms with Crippen LogP contribution in [0.5, 0.6) is 0 Å². The number of carbonyl (C=O) groups excluding carboxylic acids is 1. The minimum absolute atomic E-state index is 0.168. The SMILES string of the molecule is CC(C)Cn1nc(C(=O)N2CCSc3ccc(Cl)cc32)c2ccccc2c1=O. The number of rotatable bonds is 3. The van der Waals surface area contributed by atoms with Crippen LogP contribution in [0.1, 0.15) is 24.3 Å². The molecule has 3 aromatic rings. The maximum Gasteiger partial charge on any atom is 0.279 e. The van der Waals surface area contributed by atoms with Gasteiger partial charge >= 0.3 is 0 Å². The Labute approximate surface area is 172 Å². The number of halogens is 1. The van der Waals surface area contributed by atoms with Crippen LogP contribution in [0, 0.1) is 5.92 Å². The van der Waals surface area contributed by atoms with E-state index in [-0.39, 0.29) is 17.4 Å². The van der Waals surface area contributed by atoms with E-state index in [0.29, 0.717) is 34.6 Å². The molecule has 28 heavy (non-hydrogen) atoms. The maximum atomic E-state index is 13.5. The van der Waals surface area contributed by atoms with Crippen molar-refractivity contribution < 1.29 is 4.79 Å². The molecule has 2 aromatic carbocycles. The van der Waals surface area contributed by atoms with Gasteiger partial charge in [0.25, 0.3) is 11.5 Å². The van der Waals surface area contributed by atoms with Crippen LogP contribution in [0.2, 0.25) is 5.02 Å². The van der Waals surface area contributed by atoms with Crippen LogP contribution in [-0.4, -0.2) is 28.0 Å². The summed E-state index contributed by atoms with van der Waals surface area (Å²) >= 11 is 7.89. The monoisotopic (exact) mass is 413 g/mol. The van der Waals surface area contributed by atoms with Crippen LogP contribution in [-0.2, 0) is 6.54 Å². The van der Waals surface area contributed by atoms with Crippen molar-refractivity contribution in [3.05, 3.63) is 63.5 Å². The zero-order chi connectivity index (χ0) is 19.8. The second kappa shape index (κ2) is 7.60. The first-order valence-electron chi connectivity index (χ1n) is 9.20. The lowest BCUT2D eigenvalue weighted by Crippen LogP contribution is -2.38. The van der Waals surface area contributed by atoms with Gasteiger partial charge in [-0.1, -0.05) is 43.6 Å². The van der Waals surface area contributed by atoms with E-state index in [1.807, 2.05) is 44.2 Å². The Morgan fingerprint density at radius 2 is 1.96 bits per heavy atom. The fourth-order valence-corrected chi connectivity index (χ4v) is 4.53. The van der Waals surface area contributed by atoms with E-state index >= 15 is 0 Å². The Kier molecular flexibility index (Phi) is 5.17. The van der Waals surface area contributed by atoms with Crippen molar-refractivity contribution >= 4 is 45.7 Å². The molecule has 0 radical (unpaired) electrons. The Balaban J connectivity index is 1.88. The van der Waals surface area contributed by atoms with Gasteiger partial charge in [-0.15, -0.1) is 11.8 Å². The van der Waals surface area contributed by atoms with Crippen molar-refractivity contribution in [1.82, 2.24) is 9.78 Å².